The van der Waals surface area contributed by atoms with Gasteiger partial charge in [-0.1, -0.05) is 18.2 Å². The Kier molecular flexibility index (Phi) is 3.87. The van der Waals surface area contributed by atoms with Gasteiger partial charge in [-0.25, -0.2) is 9.67 Å². The van der Waals surface area contributed by atoms with Gasteiger partial charge in [0.15, 0.2) is 0 Å². The third-order valence-electron chi connectivity index (χ3n) is 3.05. The molecule has 21 heavy (non-hydrogen) atoms. The number of anilines is 2. The van der Waals surface area contributed by atoms with Crippen LogP contribution in [0.3, 0.4) is 0 Å². The van der Waals surface area contributed by atoms with Crippen LogP contribution in [0.15, 0.2) is 59.5 Å². The smallest absolute Gasteiger partial charge is 0.140 e. The van der Waals surface area contributed by atoms with Crippen LogP contribution in [0.2, 0.25) is 0 Å². The third-order valence-corrected chi connectivity index (χ3v) is 3.66. The molecule has 0 bridgehead atoms. The molecule has 2 aromatic heterocycles. The number of aromatic nitrogens is 3. The number of rotatable bonds is 4. The van der Waals surface area contributed by atoms with Crippen molar-refractivity contribution >= 4 is 27.4 Å². The molecular formula is C15H14BrN5. The van der Waals surface area contributed by atoms with Crippen molar-refractivity contribution in [3.8, 4) is 5.69 Å². The second-order valence-corrected chi connectivity index (χ2v) is 5.39. The lowest BCUT2D eigenvalue weighted by atomic mass is 10.2. The predicted molar refractivity (Wildman–Crippen MR) is 87.2 cm³/mol. The molecular weight excluding hydrogens is 330 g/mol. The van der Waals surface area contributed by atoms with Crippen LogP contribution in [0, 0.1) is 0 Å². The van der Waals surface area contributed by atoms with Crippen molar-refractivity contribution in [3.63, 3.8) is 0 Å². The van der Waals surface area contributed by atoms with E-state index in [4.69, 9.17) is 5.73 Å². The molecule has 5 nitrogen and oxygen atoms in total. The number of nitrogens with one attached hydrogen (secondary N) is 1. The summed E-state index contributed by atoms with van der Waals surface area (Å²) in [6, 6.07) is 11.8. The van der Waals surface area contributed by atoms with E-state index in [2.05, 4.69) is 37.4 Å². The molecule has 3 N–H and O–H groups in total. The highest BCUT2D eigenvalue weighted by Gasteiger charge is 2.06. The average Bonchev–Trinajstić information content (AvgIpc) is 3.01. The van der Waals surface area contributed by atoms with Crippen LogP contribution in [-0.2, 0) is 6.54 Å². The second kappa shape index (κ2) is 5.97. The van der Waals surface area contributed by atoms with E-state index in [0.717, 1.165) is 21.5 Å². The number of benzene rings is 1. The fourth-order valence-corrected chi connectivity index (χ4v) is 2.56. The van der Waals surface area contributed by atoms with E-state index in [9.17, 15) is 0 Å². The van der Waals surface area contributed by atoms with Crippen LogP contribution in [0.25, 0.3) is 5.69 Å². The number of pyridine rings is 1. The largest absolute Gasteiger partial charge is 0.397 e. The minimum Gasteiger partial charge on any atom is -0.397 e. The van der Waals surface area contributed by atoms with Gasteiger partial charge in [-0.2, -0.15) is 5.10 Å². The molecule has 0 unspecified atom stereocenters. The van der Waals surface area contributed by atoms with E-state index in [1.165, 1.54) is 0 Å². The van der Waals surface area contributed by atoms with Crippen molar-refractivity contribution in [2.75, 3.05) is 11.1 Å². The molecule has 1 aromatic carbocycles. The van der Waals surface area contributed by atoms with Gasteiger partial charge in [-0.15, -0.1) is 0 Å². The summed E-state index contributed by atoms with van der Waals surface area (Å²) in [7, 11) is 0. The summed E-state index contributed by atoms with van der Waals surface area (Å²) in [5.74, 6) is 0.763. The molecule has 106 valence electrons. The number of halogens is 1. The number of para-hydroxylation sites is 1. The van der Waals surface area contributed by atoms with E-state index in [1.54, 1.807) is 12.4 Å². The fraction of sp³-hybridized carbons (Fsp3) is 0.0667. The van der Waals surface area contributed by atoms with Gasteiger partial charge in [0.25, 0.3) is 0 Å². The number of hydrogen-bond acceptors (Lipinski definition) is 4. The predicted octanol–water partition coefficient (Wildman–Crippen LogP) is 3.22. The zero-order valence-corrected chi connectivity index (χ0v) is 12.8. The first kappa shape index (κ1) is 13.6. The van der Waals surface area contributed by atoms with Crippen molar-refractivity contribution in [1.29, 1.82) is 0 Å². The normalized spacial score (nSPS) is 10.5. The molecule has 0 saturated heterocycles. The summed E-state index contributed by atoms with van der Waals surface area (Å²) in [6.07, 6.45) is 5.32. The number of nitrogens with two attached hydrogens (primary N) is 1. The van der Waals surface area contributed by atoms with Crippen LogP contribution in [0.1, 0.15) is 5.56 Å². The summed E-state index contributed by atoms with van der Waals surface area (Å²) in [5.41, 5.74) is 8.49. The highest BCUT2D eigenvalue weighted by atomic mass is 79.9. The zero-order chi connectivity index (χ0) is 14.7. The Morgan fingerprint density at radius 1 is 1.24 bits per heavy atom. The maximum Gasteiger partial charge on any atom is 0.140 e. The summed E-state index contributed by atoms with van der Waals surface area (Å²) >= 11 is 3.46. The van der Waals surface area contributed by atoms with Crippen LogP contribution >= 0.6 is 15.9 Å². The number of hydrogen-bond donors (Lipinski definition) is 2. The first-order chi connectivity index (χ1) is 10.2. The van der Waals surface area contributed by atoms with Crippen LogP contribution in [-0.4, -0.2) is 14.8 Å². The molecule has 0 atom stereocenters. The molecule has 0 radical (unpaired) electrons. The fourth-order valence-electron chi connectivity index (χ4n) is 2.06. The van der Waals surface area contributed by atoms with Gasteiger partial charge in [0.05, 0.1) is 22.0 Å². The Hall–Kier alpha value is -2.34. The van der Waals surface area contributed by atoms with Gasteiger partial charge in [0.1, 0.15) is 5.82 Å². The van der Waals surface area contributed by atoms with Gasteiger partial charge in [-0.05, 0) is 39.7 Å². The van der Waals surface area contributed by atoms with Crippen LogP contribution < -0.4 is 11.1 Å². The SMILES string of the molecule is Nc1cnc(NCc2ccccc2-n2cccn2)c(Br)c1. The highest BCUT2D eigenvalue weighted by Crippen LogP contribution is 2.23. The van der Waals surface area contributed by atoms with E-state index < -0.39 is 0 Å². The molecule has 0 aliphatic rings. The summed E-state index contributed by atoms with van der Waals surface area (Å²) in [5, 5.41) is 7.58. The van der Waals surface area contributed by atoms with Crippen LogP contribution in [0.4, 0.5) is 11.5 Å². The van der Waals surface area contributed by atoms with Crippen molar-refractivity contribution in [3.05, 3.63) is 65.0 Å². The summed E-state index contributed by atoms with van der Waals surface area (Å²) in [6.45, 7) is 0.644. The minimum absolute atomic E-state index is 0.629. The molecule has 2 heterocycles. The maximum absolute atomic E-state index is 5.69. The van der Waals surface area contributed by atoms with Gasteiger partial charge >= 0.3 is 0 Å². The number of nitrogens with zero attached hydrogens (tertiary/aromatic N) is 3. The van der Waals surface area contributed by atoms with E-state index in [0.29, 0.717) is 12.2 Å². The highest BCUT2D eigenvalue weighted by molar-refractivity contribution is 9.10. The Balaban J connectivity index is 1.83. The first-order valence-electron chi connectivity index (χ1n) is 6.47. The molecule has 0 amide bonds. The van der Waals surface area contributed by atoms with Gasteiger partial charge in [0, 0.05) is 18.9 Å². The summed E-state index contributed by atoms with van der Waals surface area (Å²) < 4.78 is 2.70. The van der Waals surface area contributed by atoms with E-state index in [-0.39, 0.29) is 0 Å². The molecule has 0 aliphatic carbocycles. The van der Waals surface area contributed by atoms with E-state index in [1.807, 2.05) is 41.2 Å². The molecule has 3 aromatic rings. The molecule has 6 heteroatoms. The number of nitrogen functional groups attached to an aromatic ring is 1. The molecule has 3 rings (SSSR count). The third kappa shape index (κ3) is 3.05. The maximum atomic E-state index is 5.69. The van der Waals surface area contributed by atoms with Crippen LogP contribution in [0.5, 0.6) is 0 Å². The van der Waals surface area contributed by atoms with Gasteiger partial charge in [0.2, 0.25) is 0 Å². The molecule has 0 fully saturated rings. The Morgan fingerprint density at radius 2 is 2.10 bits per heavy atom. The zero-order valence-electron chi connectivity index (χ0n) is 11.2. The van der Waals surface area contributed by atoms with Crippen molar-refractivity contribution in [1.82, 2.24) is 14.8 Å². The molecule has 0 spiro atoms. The summed E-state index contributed by atoms with van der Waals surface area (Å²) in [4.78, 5) is 4.28. The second-order valence-electron chi connectivity index (χ2n) is 4.53. The standard InChI is InChI=1S/C15H14BrN5/c16-13-8-12(17)10-19-15(13)18-9-11-4-1-2-5-14(11)21-7-3-6-20-21/h1-8,10H,9,17H2,(H,18,19). The monoisotopic (exact) mass is 343 g/mol. The average molecular weight is 344 g/mol. The molecule has 0 saturated carbocycles. The van der Waals surface area contributed by atoms with Gasteiger partial charge < -0.3 is 11.1 Å². The van der Waals surface area contributed by atoms with Crippen molar-refractivity contribution < 1.29 is 0 Å². The van der Waals surface area contributed by atoms with Gasteiger partial charge in [-0.3, -0.25) is 0 Å². The quantitative estimate of drug-likeness (QED) is 0.763. The lowest BCUT2D eigenvalue weighted by molar-refractivity contribution is 0.863. The Morgan fingerprint density at radius 3 is 2.86 bits per heavy atom. The topological polar surface area (TPSA) is 68.8 Å². The lowest BCUT2D eigenvalue weighted by Crippen LogP contribution is -2.07. The Labute approximate surface area is 130 Å². The first-order valence-corrected chi connectivity index (χ1v) is 7.26. The van der Waals surface area contributed by atoms with E-state index >= 15 is 0 Å². The van der Waals surface area contributed by atoms with Crippen molar-refractivity contribution in [2.45, 2.75) is 6.54 Å². The minimum atomic E-state index is 0.629. The lowest BCUT2D eigenvalue weighted by Gasteiger charge is -2.12. The Bertz CT molecular complexity index is 740. The van der Waals surface area contributed by atoms with Crippen molar-refractivity contribution in [2.24, 2.45) is 0 Å². The molecule has 0 aliphatic heterocycles.